The first-order chi connectivity index (χ1) is 10.5. The smallest absolute Gasteiger partial charge is 0.340 e. The molecule has 0 unspecified atom stereocenters. The first-order valence-electron chi connectivity index (χ1n) is 6.83. The molecule has 0 saturated heterocycles. The van der Waals surface area contributed by atoms with Crippen molar-refractivity contribution in [3.63, 3.8) is 0 Å². The van der Waals surface area contributed by atoms with E-state index >= 15 is 0 Å². The molecule has 0 saturated carbocycles. The van der Waals surface area contributed by atoms with Gasteiger partial charge in [-0.25, -0.2) is 0 Å². The highest BCUT2D eigenvalue weighted by Crippen LogP contribution is 2.29. The van der Waals surface area contributed by atoms with E-state index in [0.29, 0.717) is 22.2 Å². The molecule has 0 radical (unpaired) electrons. The molecular formula is C17H15NO3S. The minimum absolute atomic E-state index is 0.168. The van der Waals surface area contributed by atoms with Crippen LogP contribution < -0.4 is 4.18 Å². The molecule has 112 valence electrons. The van der Waals surface area contributed by atoms with E-state index in [-0.39, 0.29) is 4.90 Å². The lowest BCUT2D eigenvalue weighted by atomic mass is 10.1. The number of aryl methyl sites for hydroxylation is 2. The molecule has 0 amide bonds. The Morgan fingerprint density at radius 3 is 2.45 bits per heavy atom. The highest BCUT2D eigenvalue weighted by molar-refractivity contribution is 7.87. The maximum atomic E-state index is 12.7. The van der Waals surface area contributed by atoms with Gasteiger partial charge in [0.1, 0.15) is 10.6 Å². The fourth-order valence-corrected chi connectivity index (χ4v) is 3.79. The van der Waals surface area contributed by atoms with E-state index in [4.69, 9.17) is 4.18 Å². The monoisotopic (exact) mass is 313 g/mol. The van der Waals surface area contributed by atoms with E-state index in [0.717, 1.165) is 5.56 Å². The molecule has 4 nitrogen and oxygen atoms in total. The van der Waals surface area contributed by atoms with Crippen molar-refractivity contribution in [3.8, 4) is 5.75 Å². The number of benzene rings is 2. The van der Waals surface area contributed by atoms with Crippen LogP contribution in [0.1, 0.15) is 11.1 Å². The summed E-state index contributed by atoms with van der Waals surface area (Å²) in [6, 6.07) is 14.0. The molecule has 0 N–H and O–H groups in total. The first-order valence-corrected chi connectivity index (χ1v) is 8.24. The summed E-state index contributed by atoms with van der Waals surface area (Å²) in [6.45, 7) is 3.56. The fraction of sp³-hybridized carbons (Fsp3) is 0.118. The zero-order chi connectivity index (χ0) is 15.7. The van der Waals surface area contributed by atoms with Crippen molar-refractivity contribution >= 4 is 21.0 Å². The lowest BCUT2D eigenvalue weighted by molar-refractivity contribution is 0.484. The Morgan fingerprint density at radius 2 is 1.68 bits per heavy atom. The third-order valence-corrected chi connectivity index (χ3v) is 4.92. The largest absolute Gasteiger partial charge is 0.379 e. The summed E-state index contributed by atoms with van der Waals surface area (Å²) in [4.78, 5) is 4.37. The SMILES string of the molecule is Cc1ccccc1OS(=O)(=O)c1c(C)ccc2ncccc12. The summed E-state index contributed by atoms with van der Waals surface area (Å²) in [5.74, 6) is 0.336. The summed E-state index contributed by atoms with van der Waals surface area (Å²) < 4.78 is 30.8. The van der Waals surface area contributed by atoms with Crippen molar-refractivity contribution in [1.29, 1.82) is 0 Å². The van der Waals surface area contributed by atoms with Gasteiger partial charge < -0.3 is 4.18 Å². The number of fused-ring (bicyclic) bond motifs is 1. The number of pyridine rings is 1. The molecule has 0 aliphatic rings. The third-order valence-electron chi connectivity index (χ3n) is 3.48. The second kappa shape index (κ2) is 5.42. The molecule has 2 aromatic carbocycles. The molecule has 0 aliphatic carbocycles. The van der Waals surface area contributed by atoms with Crippen LogP contribution in [-0.2, 0) is 10.1 Å². The van der Waals surface area contributed by atoms with Crippen molar-refractivity contribution in [1.82, 2.24) is 4.98 Å². The first kappa shape index (κ1) is 14.5. The Balaban J connectivity index is 2.18. The van der Waals surface area contributed by atoms with Crippen LogP contribution in [0.25, 0.3) is 10.9 Å². The summed E-state index contributed by atoms with van der Waals surface area (Å²) in [5.41, 5.74) is 2.02. The van der Waals surface area contributed by atoms with E-state index in [1.54, 1.807) is 49.5 Å². The van der Waals surface area contributed by atoms with Gasteiger partial charge >= 0.3 is 10.1 Å². The van der Waals surface area contributed by atoms with Gasteiger partial charge in [-0.1, -0.05) is 24.3 Å². The lowest BCUT2D eigenvalue weighted by Crippen LogP contribution is -2.12. The number of aromatic nitrogens is 1. The summed E-state index contributed by atoms with van der Waals surface area (Å²) in [6.07, 6.45) is 1.64. The average molecular weight is 313 g/mol. The molecule has 0 spiro atoms. The maximum absolute atomic E-state index is 12.7. The van der Waals surface area contributed by atoms with Crippen LogP contribution in [0.2, 0.25) is 0 Å². The molecule has 22 heavy (non-hydrogen) atoms. The van der Waals surface area contributed by atoms with Crippen LogP contribution in [0.4, 0.5) is 0 Å². The highest BCUT2D eigenvalue weighted by Gasteiger charge is 2.23. The minimum Gasteiger partial charge on any atom is -0.379 e. The van der Waals surface area contributed by atoms with E-state index in [2.05, 4.69) is 4.98 Å². The molecule has 3 aromatic rings. The molecular weight excluding hydrogens is 298 g/mol. The van der Waals surface area contributed by atoms with Crippen LogP contribution in [0.3, 0.4) is 0 Å². The Morgan fingerprint density at radius 1 is 0.909 bits per heavy atom. The van der Waals surface area contributed by atoms with Crippen molar-refractivity contribution in [2.75, 3.05) is 0 Å². The maximum Gasteiger partial charge on any atom is 0.340 e. The van der Waals surface area contributed by atoms with E-state index in [1.165, 1.54) is 0 Å². The van der Waals surface area contributed by atoms with Gasteiger partial charge in [-0.3, -0.25) is 4.98 Å². The Labute approximate surface area is 129 Å². The lowest BCUT2D eigenvalue weighted by Gasteiger charge is -2.13. The van der Waals surface area contributed by atoms with Gasteiger partial charge in [-0.15, -0.1) is 0 Å². The van der Waals surface area contributed by atoms with Crippen LogP contribution in [0.5, 0.6) is 5.75 Å². The van der Waals surface area contributed by atoms with Gasteiger partial charge in [0.05, 0.1) is 5.52 Å². The number of hydrogen-bond donors (Lipinski definition) is 0. The highest BCUT2D eigenvalue weighted by atomic mass is 32.2. The van der Waals surface area contributed by atoms with Crippen LogP contribution in [0, 0.1) is 13.8 Å². The Kier molecular flexibility index (Phi) is 3.58. The zero-order valence-corrected chi connectivity index (χ0v) is 13.1. The van der Waals surface area contributed by atoms with Crippen molar-refractivity contribution < 1.29 is 12.6 Å². The quantitative estimate of drug-likeness (QED) is 0.693. The molecule has 5 heteroatoms. The minimum atomic E-state index is -3.93. The van der Waals surface area contributed by atoms with E-state index in [9.17, 15) is 8.42 Å². The number of rotatable bonds is 3. The van der Waals surface area contributed by atoms with Crippen LogP contribution in [0.15, 0.2) is 59.6 Å². The molecule has 0 atom stereocenters. The molecule has 1 aromatic heterocycles. The number of para-hydroxylation sites is 1. The Hall–Kier alpha value is -2.40. The zero-order valence-electron chi connectivity index (χ0n) is 12.3. The second-order valence-corrected chi connectivity index (χ2v) is 6.57. The van der Waals surface area contributed by atoms with Gasteiger partial charge in [0.15, 0.2) is 0 Å². The molecule has 0 fully saturated rings. The van der Waals surface area contributed by atoms with Gasteiger partial charge in [0, 0.05) is 11.6 Å². The van der Waals surface area contributed by atoms with E-state index in [1.807, 2.05) is 19.1 Å². The summed E-state index contributed by atoms with van der Waals surface area (Å²) in [7, 11) is -3.93. The fourth-order valence-electron chi connectivity index (χ4n) is 2.38. The number of hydrogen-bond acceptors (Lipinski definition) is 4. The molecule has 1 heterocycles. The van der Waals surface area contributed by atoms with Crippen molar-refractivity contribution in [3.05, 3.63) is 65.9 Å². The predicted molar refractivity (Wildman–Crippen MR) is 85.5 cm³/mol. The molecule has 3 rings (SSSR count). The van der Waals surface area contributed by atoms with Gasteiger partial charge in [0.25, 0.3) is 0 Å². The number of nitrogens with zero attached hydrogens (tertiary/aromatic N) is 1. The van der Waals surface area contributed by atoms with Crippen molar-refractivity contribution in [2.45, 2.75) is 18.7 Å². The molecule has 0 aliphatic heterocycles. The van der Waals surface area contributed by atoms with Gasteiger partial charge in [-0.05, 0) is 49.2 Å². The topological polar surface area (TPSA) is 56.3 Å². The van der Waals surface area contributed by atoms with Crippen LogP contribution >= 0.6 is 0 Å². The van der Waals surface area contributed by atoms with Crippen molar-refractivity contribution in [2.24, 2.45) is 0 Å². The summed E-state index contributed by atoms with van der Waals surface area (Å²) >= 11 is 0. The van der Waals surface area contributed by atoms with Gasteiger partial charge in [0.2, 0.25) is 0 Å². The third kappa shape index (κ3) is 2.55. The predicted octanol–water partition coefficient (Wildman–Crippen LogP) is 3.62. The van der Waals surface area contributed by atoms with E-state index < -0.39 is 10.1 Å². The van der Waals surface area contributed by atoms with Gasteiger partial charge in [-0.2, -0.15) is 8.42 Å². The Bertz CT molecular complexity index is 949. The average Bonchev–Trinajstić information content (AvgIpc) is 2.49. The summed E-state index contributed by atoms with van der Waals surface area (Å²) in [5, 5.41) is 0.566. The standard InChI is InChI=1S/C17H15NO3S/c1-12-6-3-4-8-16(12)21-22(19,20)17-13(2)9-10-15-14(17)7-5-11-18-15/h3-11H,1-2H3. The molecule has 0 bridgehead atoms. The normalized spacial score (nSPS) is 11.5. The van der Waals surface area contributed by atoms with Crippen LogP contribution in [-0.4, -0.2) is 13.4 Å². The second-order valence-electron chi connectivity index (χ2n) is 5.08.